The summed E-state index contributed by atoms with van der Waals surface area (Å²) < 4.78 is 1.65. The normalized spacial score (nSPS) is 10.6. The molecular weight excluding hydrogens is 298 g/mol. The van der Waals surface area contributed by atoms with Crippen molar-refractivity contribution in [1.82, 2.24) is 9.55 Å². The molecule has 0 bridgehead atoms. The van der Waals surface area contributed by atoms with E-state index in [1.54, 1.807) is 17.0 Å². The van der Waals surface area contributed by atoms with Gasteiger partial charge in [0.25, 0.3) is 5.56 Å². The van der Waals surface area contributed by atoms with E-state index in [0.717, 1.165) is 17.7 Å². The van der Waals surface area contributed by atoms with Crippen LogP contribution in [0.4, 0.5) is 5.82 Å². The molecule has 1 aromatic heterocycles. The van der Waals surface area contributed by atoms with Crippen LogP contribution in [0, 0.1) is 13.8 Å². The molecule has 0 amide bonds. The maximum absolute atomic E-state index is 12.7. The van der Waals surface area contributed by atoms with Crippen LogP contribution < -0.4 is 10.9 Å². The molecule has 3 aromatic rings. The molecular formula is C20H21N3O. The van der Waals surface area contributed by atoms with Gasteiger partial charge in [0.05, 0.1) is 5.69 Å². The Hall–Kier alpha value is -2.88. The minimum absolute atomic E-state index is 0.127. The Bertz CT molecular complexity index is 885. The number of rotatable bonds is 5. The number of benzene rings is 2. The van der Waals surface area contributed by atoms with Crippen molar-refractivity contribution in [3.8, 4) is 5.69 Å². The predicted octanol–water partition coefficient (Wildman–Crippen LogP) is 3.50. The van der Waals surface area contributed by atoms with Gasteiger partial charge in [0.15, 0.2) is 5.82 Å². The lowest BCUT2D eigenvalue weighted by Gasteiger charge is -2.12. The zero-order valence-electron chi connectivity index (χ0n) is 14.0. The number of anilines is 1. The number of hydrogen-bond donors (Lipinski definition) is 1. The van der Waals surface area contributed by atoms with Crippen LogP contribution in [0.25, 0.3) is 5.69 Å². The first-order valence-corrected chi connectivity index (χ1v) is 8.08. The van der Waals surface area contributed by atoms with E-state index in [9.17, 15) is 4.79 Å². The van der Waals surface area contributed by atoms with Crippen molar-refractivity contribution in [3.05, 3.63) is 88.0 Å². The van der Waals surface area contributed by atoms with Gasteiger partial charge in [0.1, 0.15) is 0 Å². The lowest BCUT2D eigenvalue weighted by molar-refractivity contribution is 0.925. The van der Waals surface area contributed by atoms with E-state index in [1.807, 2.05) is 44.2 Å². The standard InChI is InChI=1S/C20H21N3O/c1-15-8-9-18(16(2)14-15)23-13-12-22-19(20(23)24)21-11-10-17-6-4-3-5-7-17/h3-9,12-14H,10-11H2,1-2H3,(H,21,22). The average molecular weight is 319 g/mol. The van der Waals surface area contributed by atoms with Gasteiger partial charge >= 0.3 is 0 Å². The summed E-state index contributed by atoms with van der Waals surface area (Å²) in [6.07, 6.45) is 4.22. The predicted molar refractivity (Wildman–Crippen MR) is 97.9 cm³/mol. The SMILES string of the molecule is Cc1ccc(-n2ccnc(NCCc3ccccc3)c2=O)c(C)c1. The molecule has 0 aliphatic rings. The van der Waals surface area contributed by atoms with E-state index in [4.69, 9.17) is 0 Å². The highest BCUT2D eigenvalue weighted by atomic mass is 16.1. The fourth-order valence-corrected chi connectivity index (χ4v) is 2.77. The Morgan fingerprint density at radius 1 is 1.08 bits per heavy atom. The summed E-state index contributed by atoms with van der Waals surface area (Å²) in [6.45, 7) is 4.73. The Labute approximate surface area is 141 Å². The van der Waals surface area contributed by atoms with Gasteiger partial charge in [-0.25, -0.2) is 4.98 Å². The monoisotopic (exact) mass is 319 g/mol. The van der Waals surface area contributed by atoms with Crippen LogP contribution in [0.3, 0.4) is 0 Å². The number of nitrogens with one attached hydrogen (secondary N) is 1. The molecule has 0 saturated carbocycles. The molecule has 122 valence electrons. The van der Waals surface area contributed by atoms with Crippen LogP contribution in [0.5, 0.6) is 0 Å². The molecule has 0 unspecified atom stereocenters. The first-order valence-electron chi connectivity index (χ1n) is 8.08. The smallest absolute Gasteiger partial charge is 0.297 e. The lowest BCUT2D eigenvalue weighted by Crippen LogP contribution is -2.24. The van der Waals surface area contributed by atoms with Crippen molar-refractivity contribution in [2.24, 2.45) is 0 Å². The molecule has 4 nitrogen and oxygen atoms in total. The molecule has 0 spiro atoms. The van der Waals surface area contributed by atoms with E-state index in [2.05, 4.69) is 28.5 Å². The number of aromatic nitrogens is 2. The summed E-state index contributed by atoms with van der Waals surface area (Å²) in [7, 11) is 0. The fraction of sp³-hybridized carbons (Fsp3) is 0.200. The summed E-state index contributed by atoms with van der Waals surface area (Å²) in [6, 6.07) is 16.2. The summed E-state index contributed by atoms with van der Waals surface area (Å²) in [5, 5.41) is 3.16. The summed E-state index contributed by atoms with van der Waals surface area (Å²) in [5.41, 5.74) is 4.24. The van der Waals surface area contributed by atoms with Crippen molar-refractivity contribution in [3.63, 3.8) is 0 Å². The third-order valence-electron chi connectivity index (χ3n) is 4.00. The second kappa shape index (κ2) is 7.13. The summed E-state index contributed by atoms with van der Waals surface area (Å²) in [4.78, 5) is 16.9. The number of nitrogens with zero attached hydrogens (tertiary/aromatic N) is 2. The summed E-state index contributed by atoms with van der Waals surface area (Å²) >= 11 is 0. The van der Waals surface area contributed by atoms with E-state index in [-0.39, 0.29) is 5.56 Å². The Morgan fingerprint density at radius 2 is 1.88 bits per heavy atom. The third kappa shape index (κ3) is 3.54. The number of aryl methyl sites for hydroxylation is 2. The Morgan fingerprint density at radius 3 is 2.62 bits per heavy atom. The molecule has 3 rings (SSSR count). The molecule has 0 aliphatic heterocycles. The van der Waals surface area contributed by atoms with Crippen molar-refractivity contribution in [2.75, 3.05) is 11.9 Å². The highest BCUT2D eigenvalue weighted by Crippen LogP contribution is 2.14. The lowest BCUT2D eigenvalue weighted by atomic mass is 10.1. The second-order valence-electron chi connectivity index (χ2n) is 5.90. The van der Waals surface area contributed by atoms with Gasteiger partial charge in [-0.05, 0) is 37.5 Å². The average Bonchev–Trinajstić information content (AvgIpc) is 2.58. The molecule has 0 saturated heterocycles. The highest BCUT2D eigenvalue weighted by molar-refractivity contribution is 5.45. The molecule has 0 aliphatic carbocycles. The highest BCUT2D eigenvalue weighted by Gasteiger charge is 2.08. The first kappa shape index (κ1) is 16.0. The van der Waals surface area contributed by atoms with Crippen molar-refractivity contribution < 1.29 is 0 Å². The topological polar surface area (TPSA) is 46.9 Å². The van der Waals surface area contributed by atoms with E-state index < -0.39 is 0 Å². The van der Waals surface area contributed by atoms with Crippen LogP contribution in [-0.2, 0) is 6.42 Å². The van der Waals surface area contributed by atoms with Crippen molar-refractivity contribution >= 4 is 5.82 Å². The van der Waals surface area contributed by atoms with Gasteiger partial charge in [0.2, 0.25) is 0 Å². The van der Waals surface area contributed by atoms with E-state index in [0.29, 0.717) is 12.4 Å². The van der Waals surface area contributed by atoms with Crippen LogP contribution in [0.1, 0.15) is 16.7 Å². The molecule has 2 aromatic carbocycles. The summed E-state index contributed by atoms with van der Waals surface area (Å²) in [5.74, 6) is 0.383. The maximum Gasteiger partial charge on any atom is 0.297 e. The van der Waals surface area contributed by atoms with Gasteiger partial charge in [-0.2, -0.15) is 0 Å². The van der Waals surface area contributed by atoms with Gasteiger partial charge in [-0.1, -0.05) is 48.0 Å². The van der Waals surface area contributed by atoms with Crippen LogP contribution in [0.15, 0.2) is 65.7 Å². The van der Waals surface area contributed by atoms with Gasteiger partial charge in [-0.3, -0.25) is 9.36 Å². The number of hydrogen-bond acceptors (Lipinski definition) is 3. The first-order chi connectivity index (χ1) is 11.6. The van der Waals surface area contributed by atoms with Gasteiger partial charge in [0, 0.05) is 18.9 Å². The molecule has 24 heavy (non-hydrogen) atoms. The molecule has 0 fully saturated rings. The Kier molecular flexibility index (Phi) is 4.75. The molecule has 0 radical (unpaired) electrons. The maximum atomic E-state index is 12.7. The van der Waals surface area contributed by atoms with Gasteiger partial charge < -0.3 is 5.32 Å². The van der Waals surface area contributed by atoms with Crippen molar-refractivity contribution in [2.45, 2.75) is 20.3 Å². The van der Waals surface area contributed by atoms with Gasteiger partial charge in [-0.15, -0.1) is 0 Å². The molecule has 4 heteroatoms. The van der Waals surface area contributed by atoms with Crippen LogP contribution in [0.2, 0.25) is 0 Å². The largest absolute Gasteiger partial charge is 0.365 e. The quantitative estimate of drug-likeness (QED) is 0.783. The fourth-order valence-electron chi connectivity index (χ4n) is 2.77. The molecule has 1 N–H and O–H groups in total. The van der Waals surface area contributed by atoms with Crippen LogP contribution in [-0.4, -0.2) is 16.1 Å². The minimum Gasteiger partial charge on any atom is -0.365 e. The molecule has 0 atom stereocenters. The van der Waals surface area contributed by atoms with Crippen molar-refractivity contribution in [1.29, 1.82) is 0 Å². The second-order valence-corrected chi connectivity index (χ2v) is 5.90. The Balaban J connectivity index is 1.79. The van der Waals surface area contributed by atoms with E-state index in [1.165, 1.54) is 11.1 Å². The third-order valence-corrected chi connectivity index (χ3v) is 4.00. The zero-order chi connectivity index (χ0) is 16.9. The molecule has 1 heterocycles. The van der Waals surface area contributed by atoms with Crippen LogP contribution >= 0.6 is 0 Å². The zero-order valence-corrected chi connectivity index (χ0v) is 14.0. The minimum atomic E-state index is -0.127. The van der Waals surface area contributed by atoms with E-state index >= 15 is 0 Å².